The molecule has 0 aliphatic heterocycles. The van der Waals surface area contributed by atoms with Crippen molar-refractivity contribution in [1.82, 2.24) is 4.57 Å². The number of aromatic nitrogens is 2. The van der Waals surface area contributed by atoms with Crippen LogP contribution in [0.1, 0.15) is 19.8 Å². The van der Waals surface area contributed by atoms with Gasteiger partial charge in [0.2, 0.25) is 0 Å². The molecule has 10 heteroatoms. The summed E-state index contributed by atoms with van der Waals surface area (Å²) in [5.41, 5.74) is 0. The molecule has 0 bridgehead atoms. The van der Waals surface area contributed by atoms with Crippen LogP contribution in [-0.2, 0) is 12.8 Å². The Bertz CT molecular complexity index is 338. The molecule has 1 heterocycles. The van der Waals surface area contributed by atoms with Gasteiger partial charge in [-0.25, -0.2) is 4.57 Å². The van der Waals surface area contributed by atoms with Crippen molar-refractivity contribution in [1.29, 1.82) is 0 Å². The third-order valence-electron chi connectivity index (χ3n) is 1.75. The van der Waals surface area contributed by atoms with Gasteiger partial charge in [0.15, 0.2) is 0 Å². The van der Waals surface area contributed by atoms with Crippen molar-refractivity contribution in [3.63, 3.8) is 0 Å². The number of rotatable bonds is 3. The first kappa shape index (κ1) is 16.8. The minimum absolute atomic E-state index is 0.253. The zero-order valence-electron chi connectivity index (χ0n) is 9.47. The second kappa shape index (κ2) is 6.65. The van der Waals surface area contributed by atoms with E-state index in [1.165, 1.54) is 10.8 Å². The molecular formula is C8H12BF7N2. The van der Waals surface area contributed by atoms with E-state index >= 15 is 0 Å². The first-order chi connectivity index (χ1) is 8.04. The van der Waals surface area contributed by atoms with E-state index in [-0.39, 0.29) is 4.57 Å². The highest BCUT2D eigenvalue weighted by Crippen LogP contribution is 2.20. The van der Waals surface area contributed by atoms with Gasteiger partial charge in [0.05, 0.1) is 6.54 Å². The quantitative estimate of drug-likeness (QED) is 0.456. The standard InChI is InChI=1S/C8H12F3N2.BF4/c1-2-3-4-12-5-6-13(7-12)8(9,10)11;2-1(3,4)5/h5-7H,2-4H2,1H3;/q+1;-1. The topological polar surface area (TPSA) is 8.81 Å². The van der Waals surface area contributed by atoms with Gasteiger partial charge >= 0.3 is 13.6 Å². The molecule has 0 amide bonds. The monoisotopic (exact) mass is 280 g/mol. The Hall–Kier alpha value is -1.22. The minimum Gasteiger partial charge on any atom is -0.418 e. The maximum absolute atomic E-state index is 12.1. The summed E-state index contributed by atoms with van der Waals surface area (Å²) in [6, 6.07) is 0. The molecule has 0 saturated heterocycles. The normalized spacial score (nSPS) is 12.0. The van der Waals surface area contributed by atoms with Crippen LogP contribution in [0.5, 0.6) is 0 Å². The Morgan fingerprint density at radius 3 is 2.00 bits per heavy atom. The fourth-order valence-corrected chi connectivity index (χ4v) is 1.02. The number of alkyl halides is 3. The number of hydrogen-bond donors (Lipinski definition) is 0. The van der Waals surface area contributed by atoms with E-state index in [9.17, 15) is 30.4 Å². The van der Waals surface area contributed by atoms with Crippen molar-refractivity contribution in [2.75, 3.05) is 0 Å². The van der Waals surface area contributed by atoms with Crippen LogP contribution in [0.15, 0.2) is 18.7 Å². The lowest BCUT2D eigenvalue weighted by Crippen LogP contribution is -2.31. The molecule has 0 unspecified atom stereocenters. The number of unbranched alkanes of at least 4 members (excludes halogenated alkanes) is 1. The van der Waals surface area contributed by atoms with Gasteiger partial charge in [-0.3, -0.25) is 0 Å². The van der Waals surface area contributed by atoms with Crippen molar-refractivity contribution in [3.05, 3.63) is 18.7 Å². The molecule has 0 aliphatic carbocycles. The number of hydrogen-bond acceptors (Lipinski definition) is 0. The number of aryl methyl sites for hydroxylation is 1. The molecule has 18 heavy (non-hydrogen) atoms. The molecular weight excluding hydrogens is 268 g/mol. The van der Waals surface area contributed by atoms with E-state index in [0.29, 0.717) is 6.54 Å². The lowest BCUT2D eigenvalue weighted by Gasteiger charge is -1.98. The van der Waals surface area contributed by atoms with Gasteiger partial charge in [0.25, 0.3) is 6.33 Å². The Labute approximate surface area is 99.1 Å². The summed E-state index contributed by atoms with van der Waals surface area (Å²) >= 11 is 0. The number of imidazole rings is 1. The van der Waals surface area contributed by atoms with Gasteiger partial charge in [0.1, 0.15) is 12.4 Å². The van der Waals surface area contributed by atoms with Crippen LogP contribution in [0.4, 0.5) is 30.4 Å². The third-order valence-corrected chi connectivity index (χ3v) is 1.75. The molecule has 106 valence electrons. The predicted octanol–water partition coefficient (Wildman–Crippen LogP) is 3.35. The SMILES string of the molecule is CCCC[n+]1ccn(C(F)(F)F)c1.F[B-](F)(F)F. The lowest BCUT2D eigenvalue weighted by molar-refractivity contribution is -0.697. The predicted molar refractivity (Wildman–Crippen MR) is 51.0 cm³/mol. The van der Waals surface area contributed by atoms with E-state index in [2.05, 4.69) is 0 Å². The first-order valence-corrected chi connectivity index (χ1v) is 5.05. The van der Waals surface area contributed by atoms with Crippen molar-refractivity contribution in [2.24, 2.45) is 0 Å². The number of nitrogens with zero attached hydrogens (tertiary/aromatic N) is 2. The molecule has 0 radical (unpaired) electrons. The van der Waals surface area contributed by atoms with Gasteiger partial charge in [0, 0.05) is 0 Å². The molecule has 1 aromatic heterocycles. The maximum atomic E-state index is 12.1. The Morgan fingerprint density at radius 2 is 1.67 bits per heavy atom. The fraction of sp³-hybridized carbons (Fsp3) is 0.625. The summed E-state index contributed by atoms with van der Waals surface area (Å²) in [7, 11) is -6.00. The van der Waals surface area contributed by atoms with Crippen LogP contribution in [0, 0.1) is 0 Å². The van der Waals surface area contributed by atoms with Crippen molar-refractivity contribution in [2.45, 2.75) is 32.6 Å². The highest BCUT2D eigenvalue weighted by Gasteiger charge is 2.37. The maximum Gasteiger partial charge on any atom is 0.673 e. The largest absolute Gasteiger partial charge is 0.673 e. The van der Waals surface area contributed by atoms with Crippen LogP contribution in [-0.4, -0.2) is 11.8 Å². The zero-order valence-corrected chi connectivity index (χ0v) is 9.47. The zero-order chi connectivity index (χ0) is 14.4. The smallest absolute Gasteiger partial charge is 0.418 e. The second-order valence-corrected chi connectivity index (χ2v) is 3.37. The van der Waals surface area contributed by atoms with E-state index in [1.54, 1.807) is 0 Å². The van der Waals surface area contributed by atoms with Gasteiger partial charge in [-0.2, -0.15) is 0 Å². The Morgan fingerprint density at radius 1 is 1.17 bits per heavy atom. The van der Waals surface area contributed by atoms with Crippen LogP contribution < -0.4 is 4.57 Å². The van der Waals surface area contributed by atoms with Crippen LogP contribution in [0.2, 0.25) is 0 Å². The molecule has 0 aromatic carbocycles. The van der Waals surface area contributed by atoms with E-state index < -0.39 is 13.6 Å². The molecule has 0 fully saturated rings. The molecule has 0 spiro atoms. The lowest BCUT2D eigenvalue weighted by atomic mass is 10.3. The van der Waals surface area contributed by atoms with Crippen LogP contribution in [0.3, 0.4) is 0 Å². The van der Waals surface area contributed by atoms with Gasteiger partial charge in [-0.15, -0.1) is 17.7 Å². The van der Waals surface area contributed by atoms with Gasteiger partial charge in [-0.05, 0) is 6.42 Å². The summed E-state index contributed by atoms with van der Waals surface area (Å²) in [4.78, 5) is 0. The van der Waals surface area contributed by atoms with Crippen molar-refractivity contribution < 1.29 is 35.0 Å². The highest BCUT2D eigenvalue weighted by molar-refractivity contribution is 6.50. The molecule has 1 aromatic rings. The molecule has 0 N–H and O–H groups in total. The molecule has 1 rings (SSSR count). The van der Waals surface area contributed by atoms with Gasteiger partial charge < -0.3 is 17.3 Å². The van der Waals surface area contributed by atoms with E-state index in [4.69, 9.17) is 0 Å². The van der Waals surface area contributed by atoms with Crippen molar-refractivity contribution >= 4 is 7.25 Å². The first-order valence-electron chi connectivity index (χ1n) is 5.05. The minimum atomic E-state index is -6.00. The molecule has 0 aliphatic rings. The van der Waals surface area contributed by atoms with Crippen molar-refractivity contribution in [3.8, 4) is 0 Å². The Kier molecular flexibility index (Phi) is 6.20. The third kappa shape index (κ3) is 8.88. The van der Waals surface area contributed by atoms with E-state index in [0.717, 1.165) is 25.4 Å². The molecule has 2 nitrogen and oxygen atoms in total. The fourth-order valence-electron chi connectivity index (χ4n) is 1.02. The van der Waals surface area contributed by atoms with E-state index in [1.807, 2.05) is 6.92 Å². The van der Waals surface area contributed by atoms with Crippen LogP contribution >= 0.6 is 0 Å². The summed E-state index contributed by atoms with van der Waals surface area (Å²) in [5.74, 6) is 0. The molecule has 0 atom stereocenters. The number of halogens is 7. The Balaban J connectivity index is 0.000000494. The average Bonchev–Trinajstić information content (AvgIpc) is 2.59. The summed E-state index contributed by atoms with van der Waals surface area (Å²) in [6.07, 6.45) is 1.10. The second-order valence-electron chi connectivity index (χ2n) is 3.37. The highest BCUT2D eigenvalue weighted by atomic mass is 19.5. The summed E-state index contributed by atoms with van der Waals surface area (Å²) in [6.45, 7) is 2.64. The van der Waals surface area contributed by atoms with Crippen LogP contribution in [0.25, 0.3) is 0 Å². The molecule has 0 saturated carbocycles. The summed E-state index contributed by atoms with van der Waals surface area (Å²) in [5, 5.41) is 0. The average molecular weight is 280 g/mol. The van der Waals surface area contributed by atoms with Gasteiger partial charge in [-0.1, -0.05) is 13.3 Å². The summed E-state index contributed by atoms with van der Waals surface area (Å²) < 4.78 is 77.0.